The van der Waals surface area contributed by atoms with Crippen LogP contribution < -0.4 is 15.9 Å². The lowest BCUT2D eigenvalue weighted by atomic mass is 9.95. The van der Waals surface area contributed by atoms with Crippen molar-refractivity contribution in [3.05, 3.63) is 82.9 Å². The SMILES string of the molecule is N=C(N=NN)c1ccc2noc(-c3cccc(OC4CCN(CC5CCN(CC#Cc6ccc7c(c6)CN(C6CCC(=O)NC6=O)C7=O)CC5)CC4)c3)c2c1. The van der Waals surface area contributed by atoms with Crippen LogP contribution in [0.15, 0.2) is 75.5 Å². The van der Waals surface area contributed by atoms with E-state index in [0.717, 1.165) is 86.2 Å². The number of fused-ring (bicyclic) bond motifs is 2. The van der Waals surface area contributed by atoms with Crippen molar-refractivity contribution in [3.63, 3.8) is 0 Å². The number of hydrogen-bond acceptors (Lipinski definition) is 10. The molecule has 0 saturated carbocycles. The van der Waals surface area contributed by atoms with Crippen molar-refractivity contribution in [2.75, 3.05) is 39.3 Å². The van der Waals surface area contributed by atoms with Crippen LogP contribution in [-0.2, 0) is 16.1 Å². The zero-order valence-electron chi connectivity index (χ0n) is 30.5. The third kappa shape index (κ3) is 7.99. The predicted octanol–water partition coefficient (Wildman–Crippen LogP) is 4.51. The highest BCUT2D eigenvalue weighted by Gasteiger charge is 2.39. The first kappa shape index (κ1) is 36.1. The van der Waals surface area contributed by atoms with Crippen LogP contribution in [0, 0.1) is 23.2 Å². The highest BCUT2D eigenvalue weighted by molar-refractivity contribution is 6.05. The van der Waals surface area contributed by atoms with Gasteiger partial charge in [-0.2, -0.15) is 0 Å². The second kappa shape index (κ2) is 15.8. The second-order valence-corrected chi connectivity index (χ2v) is 14.7. The number of benzene rings is 3. The van der Waals surface area contributed by atoms with Gasteiger partial charge in [0, 0.05) is 54.9 Å². The van der Waals surface area contributed by atoms with Crippen LogP contribution in [0.4, 0.5) is 0 Å². The third-order valence-electron chi connectivity index (χ3n) is 11.1. The van der Waals surface area contributed by atoms with Crippen LogP contribution in [0.25, 0.3) is 22.2 Å². The molecule has 3 saturated heterocycles. The van der Waals surface area contributed by atoms with E-state index in [1.165, 1.54) is 0 Å². The fraction of sp³-hybridized carbons (Fsp3) is 0.390. The van der Waals surface area contributed by atoms with Crippen LogP contribution in [0.2, 0.25) is 0 Å². The van der Waals surface area contributed by atoms with Crippen LogP contribution in [0.1, 0.15) is 65.6 Å². The Hall–Kier alpha value is -5.91. The Balaban J connectivity index is 0.775. The lowest BCUT2D eigenvalue weighted by molar-refractivity contribution is -0.136. The molecule has 14 nitrogen and oxygen atoms in total. The highest BCUT2D eigenvalue weighted by Crippen LogP contribution is 2.33. The van der Waals surface area contributed by atoms with E-state index in [1.807, 2.05) is 42.5 Å². The number of amides is 3. The molecule has 1 atom stereocenters. The number of hydrogen-bond donors (Lipinski definition) is 3. The molecule has 14 heteroatoms. The number of carbonyl (C=O) groups is 3. The van der Waals surface area contributed by atoms with Crippen LogP contribution in [0.5, 0.6) is 5.75 Å². The molecule has 3 fully saturated rings. The Morgan fingerprint density at radius 2 is 1.80 bits per heavy atom. The normalized spacial score (nSPS) is 20.1. The number of rotatable bonds is 8. The maximum atomic E-state index is 13.0. The van der Waals surface area contributed by atoms with Crippen molar-refractivity contribution in [3.8, 4) is 28.9 Å². The molecule has 1 unspecified atom stereocenters. The summed E-state index contributed by atoms with van der Waals surface area (Å²) in [6, 6.07) is 18.2. The molecule has 0 radical (unpaired) electrons. The summed E-state index contributed by atoms with van der Waals surface area (Å²) in [7, 11) is 0. The van der Waals surface area contributed by atoms with Crippen LogP contribution >= 0.6 is 0 Å². The van der Waals surface area contributed by atoms with E-state index < -0.39 is 11.9 Å². The van der Waals surface area contributed by atoms with Crippen molar-refractivity contribution in [2.45, 2.75) is 57.2 Å². The number of ether oxygens (including phenoxy) is 1. The molecule has 5 heterocycles. The average Bonchev–Trinajstić information content (AvgIpc) is 3.76. The molecule has 3 amide bonds. The summed E-state index contributed by atoms with van der Waals surface area (Å²) in [5.74, 6) is 12.9. The summed E-state index contributed by atoms with van der Waals surface area (Å²) in [4.78, 5) is 43.5. The molecule has 282 valence electrons. The maximum Gasteiger partial charge on any atom is 0.255 e. The number of nitrogens with two attached hydrogens (primary N) is 1. The van der Waals surface area contributed by atoms with Gasteiger partial charge in [-0.05, 0) is 105 Å². The van der Waals surface area contributed by atoms with E-state index in [4.69, 9.17) is 20.5 Å². The first-order valence-electron chi connectivity index (χ1n) is 18.9. The fourth-order valence-electron chi connectivity index (χ4n) is 8.12. The van der Waals surface area contributed by atoms with Crippen molar-refractivity contribution >= 4 is 34.5 Å². The molecule has 4 N–H and O–H groups in total. The molecule has 0 spiro atoms. The molecule has 1 aromatic heterocycles. The second-order valence-electron chi connectivity index (χ2n) is 14.7. The lowest BCUT2D eigenvalue weighted by Gasteiger charge is -2.37. The van der Waals surface area contributed by atoms with Gasteiger partial charge in [0.15, 0.2) is 11.6 Å². The van der Waals surface area contributed by atoms with Crippen molar-refractivity contribution < 1.29 is 23.6 Å². The van der Waals surface area contributed by atoms with E-state index >= 15 is 0 Å². The summed E-state index contributed by atoms with van der Waals surface area (Å²) in [5, 5.41) is 22.2. The summed E-state index contributed by atoms with van der Waals surface area (Å²) in [6.45, 7) is 6.23. The number of aromatic nitrogens is 1. The molecule has 0 bridgehead atoms. The molecular weight excluding hydrogens is 699 g/mol. The van der Waals surface area contributed by atoms with Gasteiger partial charge < -0.3 is 24.9 Å². The van der Waals surface area contributed by atoms with Gasteiger partial charge in [0.25, 0.3) is 5.91 Å². The molecule has 0 aliphatic carbocycles. The Bertz CT molecular complexity index is 2220. The van der Waals surface area contributed by atoms with E-state index in [-0.39, 0.29) is 30.2 Å². The number of nitrogens with one attached hydrogen (secondary N) is 2. The van der Waals surface area contributed by atoms with Gasteiger partial charge in [0.05, 0.1) is 11.9 Å². The predicted molar refractivity (Wildman–Crippen MR) is 204 cm³/mol. The fourth-order valence-corrected chi connectivity index (χ4v) is 8.12. The molecule has 4 aliphatic heterocycles. The van der Waals surface area contributed by atoms with Crippen molar-refractivity contribution in [2.24, 2.45) is 22.1 Å². The van der Waals surface area contributed by atoms with E-state index in [2.05, 4.69) is 42.5 Å². The number of piperidine rings is 3. The molecule has 8 rings (SSSR count). The van der Waals surface area contributed by atoms with E-state index in [1.54, 1.807) is 23.1 Å². The standard InChI is InChI=1S/C41H43N9O5/c42-39(45-47-43)29-7-9-35-34(23-29)38(55-46-35)28-4-1-5-32(22-28)54-31-14-19-49(20-15-31)24-27-12-17-48(18-13-27)16-2-3-26-6-8-33-30(21-26)25-50(41(33)53)36-10-11-37(51)44-40(36)52/h1,4-9,21-23,27,31,36H,10-20,24-25H2,(H3,42,43,45)(H,44,51,52). The Labute approximate surface area is 318 Å². The Morgan fingerprint density at radius 3 is 2.60 bits per heavy atom. The van der Waals surface area contributed by atoms with Gasteiger partial charge in [-0.15, -0.1) is 5.11 Å². The Morgan fingerprint density at radius 1 is 0.982 bits per heavy atom. The van der Waals surface area contributed by atoms with Crippen molar-refractivity contribution in [1.82, 2.24) is 25.2 Å². The van der Waals surface area contributed by atoms with E-state index in [9.17, 15) is 14.4 Å². The average molecular weight is 742 g/mol. The first-order chi connectivity index (χ1) is 26.8. The number of likely N-dealkylation sites (tertiary alicyclic amines) is 2. The van der Waals surface area contributed by atoms with Gasteiger partial charge in [0.1, 0.15) is 23.4 Å². The van der Waals surface area contributed by atoms with Gasteiger partial charge in [-0.1, -0.05) is 34.4 Å². The van der Waals surface area contributed by atoms with Gasteiger partial charge in [-0.3, -0.25) is 30.0 Å². The largest absolute Gasteiger partial charge is 0.490 e. The topological polar surface area (TPSA) is 183 Å². The first-order valence-corrected chi connectivity index (χ1v) is 18.9. The minimum Gasteiger partial charge on any atom is -0.490 e. The highest BCUT2D eigenvalue weighted by atomic mass is 16.5. The maximum absolute atomic E-state index is 13.0. The van der Waals surface area contributed by atoms with Gasteiger partial charge >= 0.3 is 0 Å². The molecule has 55 heavy (non-hydrogen) atoms. The van der Waals surface area contributed by atoms with Crippen LogP contribution in [-0.4, -0.2) is 94.8 Å². The number of imide groups is 1. The molecule has 3 aromatic carbocycles. The zero-order valence-corrected chi connectivity index (χ0v) is 30.5. The number of nitrogens with zero attached hydrogens (tertiary/aromatic N) is 6. The summed E-state index contributed by atoms with van der Waals surface area (Å²) in [5.41, 5.74) is 4.43. The monoisotopic (exact) mass is 741 g/mol. The summed E-state index contributed by atoms with van der Waals surface area (Å²) >= 11 is 0. The van der Waals surface area contributed by atoms with E-state index in [0.29, 0.717) is 47.8 Å². The summed E-state index contributed by atoms with van der Waals surface area (Å²) in [6.07, 6.45) is 4.97. The number of amidine groups is 1. The smallest absolute Gasteiger partial charge is 0.255 e. The zero-order chi connectivity index (χ0) is 37.9. The van der Waals surface area contributed by atoms with Gasteiger partial charge in [-0.25, -0.2) is 0 Å². The molecule has 4 aromatic rings. The minimum absolute atomic E-state index is 0.0371. The molecular formula is C41H43N9O5. The van der Waals surface area contributed by atoms with Gasteiger partial charge in [0.2, 0.25) is 11.8 Å². The Kier molecular flexibility index (Phi) is 10.4. The quantitative estimate of drug-likeness (QED) is 0.0445. The lowest BCUT2D eigenvalue weighted by Crippen LogP contribution is -2.52. The van der Waals surface area contributed by atoms with Crippen LogP contribution in [0.3, 0.4) is 0 Å². The molecule has 4 aliphatic rings. The number of carbonyl (C=O) groups excluding carboxylic acids is 3. The minimum atomic E-state index is -0.615. The third-order valence-corrected chi connectivity index (χ3v) is 11.1. The summed E-state index contributed by atoms with van der Waals surface area (Å²) < 4.78 is 12.2. The van der Waals surface area contributed by atoms with Crippen molar-refractivity contribution in [1.29, 1.82) is 5.41 Å².